The number of aliphatic hydroxyl groups excluding tert-OH is 2. The van der Waals surface area contributed by atoms with E-state index in [0.29, 0.717) is 0 Å². The molecule has 0 aliphatic rings. The van der Waals surface area contributed by atoms with E-state index in [4.69, 9.17) is 0 Å². The van der Waals surface area contributed by atoms with Gasteiger partial charge in [0, 0.05) is 12.7 Å². The van der Waals surface area contributed by atoms with Crippen molar-refractivity contribution in [2.45, 2.75) is 19.1 Å². The number of carbonyl (C=O) groups is 1. The SMILES string of the molecule is COc1ccc(F)c(C(O)C(O)CSC(C)=O)c1F. The van der Waals surface area contributed by atoms with E-state index < -0.39 is 29.4 Å². The summed E-state index contributed by atoms with van der Waals surface area (Å²) in [5.74, 6) is -2.45. The molecule has 0 spiro atoms. The zero-order chi connectivity index (χ0) is 14.6. The van der Waals surface area contributed by atoms with Gasteiger partial charge in [0.15, 0.2) is 16.7 Å². The fraction of sp³-hybridized carbons (Fsp3) is 0.417. The maximum absolute atomic E-state index is 13.8. The monoisotopic (exact) mass is 292 g/mol. The van der Waals surface area contributed by atoms with E-state index in [1.165, 1.54) is 14.0 Å². The predicted octanol–water partition coefficient (Wildman–Crippen LogP) is 1.65. The van der Waals surface area contributed by atoms with Crippen LogP contribution in [0.1, 0.15) is 18.6 Å². The molecule has 2 unspecified atom stereocenters. The van der Waals surface area contributed by atoms with Gasteiger partial charge < -0.3 is 14.9 Å². The first-order valence-corrected chi connectivity index (χ1v) is 6.38. The number of ether oxygens (including phenoxy) is 1. The molecule has 19 heavy (non-hydrogen) atoms. The predicted molar refractivity (Wildman–Crippen MR) is 67.0 cm³/mol. The number of halogens is 2. The number of hydrogen-bond acceptors (Lipinski definition) is 5. The lowest BCUT2D eigenvalue weighted by atomic mass is 10.0. The maximum Gasteiger partial charge on any atom is 0.185 e. The first-order valence-electron chi connectivity index (χ1n) is 5.39. The number of thioether (sulfide) groups is 1. The molecule has 0 fully saturated rings. The van der Waals surface area contributed by atoms with E-state index in [2.05, 4.69) is 4.74 Å². The normalized spacial score (nSPS) is 14.0. The molecule has 2 N–H and O–H groups in total. The van der Waals surface area contributed by atoms with Crippen LogP contribution in [-0.2, 0) is 4.79 Å². The average Bonchev–Trinajstić information content (AvgIpc) is 2.36. The van der Waals surface area contributed by atoms with Crippen LogP contribution in [0.2, 0.25) is 0 Å². The summed E-state index contributed by atoms with van der Waals surface area (Å²) in [5.41, 5.74) is -0.670. The fourth-order valence-corrected chi connectivity index (χ4v) is 2.05. The van der Waals surface area contributed by atoms with Crippen LogP contribution in [-0.4, -0.2) is 34.3 Å². The molecular weight excluding hydrogens is 278 g/mol. The quantitative estimate of drug-likeness (QED) is 0.863. The highest BCUT2D eigenvalue weighted by atomic mass is 32.2. The molecular formula is C12H14F2O4S. The van der Waals surface area contributed by atoms with Gasteiger partial charge in [0.05, 0.1) is 18.8 Å². The molecule has 4 nitrogen and oxygen atoms in total. The largest absolute Gasteiger partial charge is 0.494 e. The third-order valence-corrected chi connectivity index (χ3v) is 3.34. The van der Waals surface area contributed by atoms with Crippen LogP contribution in [0.3, 0.4) is 0 Å². The highest BCUT2D eigenvalue weighted by Crippen LogP contribution is 2.30. The molecule has 1 aromatic rings. The van der Waals surface area contributed by atoms with Crippen LogP contribution in [0.5, 0.6) is 5.75 Å². The number of rotatable bonds is 5. The lowest BCUT2D eigenvalue weighted by Gasteiger charge is -2.19. The van der Waals surface area contributed by atoms with E-state index in [-0.39, 0.29) is 16.6 Å². The van der Waals surface area contributed by atoms with Crippen molar-refractivity contribution in [3.63, 3.8) is 0 Å². The Bertz CT molecular complexity index is 467. The number of methoxy groups -OCH3 is 1. The summed E-state index contributed by atoms with van der Waals surface area (Å²) < 4.78 is 32.0. The summed E-state index contributed by atoms with van der Waals surface area (Å²) in [6.45, 7) is 1.29. The standard InChI is InChI=1S/C12H14F2O4S/c1-6(15)19-5-8(16)12(17)10-7(13)3-4-9(18-2)11(10)14/h3-4,8,12,16-17H,5H2,1-2H3. The molecule has 0 aliphatic carbocycles. The smallest absolute Gasteiger partial charge is 0.185 e. The van der Waals surface area contributed by atoms with Crippen molar-refractivity contribution < 1.29 is 28.5 Å². The minimum Gasteiger partial charge on any atom is -0.494 e. The lowest BCUT2D eigenvalue weighted by Crippen LogP contribution is -2.23. The fourth-order valence-electron chi connectivity index (χ4n) is 1.46. The van der Waals surface area contributed by atoms with Crippen LogP contribution in [0.25, 0.3) is 0 Å². The number of aliphatic hydroxyl groups is 2. The van der Waals surface area contributed by atoms with E-state index in [0.717, 1.165) is 23.9 Å². The maximum atomic E-state index is 13.8. The highest BCUT2D eigenvalue weighted by molar-refractivity contribution is 8.13. The summed E-state index contributed by atoms with van der Waals surface area (Å²) in [5, 5.41) is 19.1. The molecule has 0 saturated heterocycles. The van der Waals surface area contributed by atoms with Crippen molar-refractivity contribution in [2.75, 3.05) is 12.9 Å². The van der Waals surface area contributed by atoms with Crippen molar-refractivity contribution >= 4 is 16.9 Å². The first kappa shape index (κ1) is 15.9. The second-order valence-corrected chi connectivity index (χ2v) is 4.99. The zero-order valence-corrected chi connectivity index (χ0v) is 11.2. The summed E-state index contributed by atoms with van der Waals surface area (Å²) in [7, 11) is 1.20. The van der Waals surface area contributed by atoms with Crippen molar-refractivity contribution in [3.8, 4) is 5.75 Å². The molecule has 0 bridgehead atoms. The molecule has 1 aromatic carbocycles. The Balaban J connectivity index is 2.98. The molecule has 7 heteroatoms. The molecule has 0 aromatic heterocycles. The van der Waals surface area contributed by atoms with Crippen molar-refractivity contribution in [3.05, 3.63) is 29.3 Å². The van der Waals surface area contributed by atoms with Gasteiger partial charge in [-0.2, -0.15) is 0 Å². The molecule has 0 radical (unpaired) electrons. The van der Waals surface area contributed by atoms with Crippen LogP contribution in [0, 0.1) is 11.6 Å². The first-order chi connectivity index (χ1) is 8.88. The van der Waals surface area contributed by atoms with Crippen LogP contribution >= 0.6 is 11.8 Å². The van der Waals surface area contributed by atoms with Crippen LogP contribution < -0.4 is 4.74 Å². The van der Waals surface area contributed by atoms with Crippen molar-refractivity contribution in [2.24, 2.45) is 0 Å². The molecule has 0 saturated carbocycles. The topological polar surface area (TPSA) is 66.8 Å². The van der Waals surface area contributed by atoms with Gasteiger partial charge in [-0.15, -0.1) is 0 Å². The molecule has 1 rings (SSSR count). The second-order valence-electron chi connectivity index (χ2n) is 3.79. The number of carbonyl (C=O) groups excluding carboxylic acids is 1. The lowest BCUT2D eigenvalue weighted by molar-refractivity contribution is -0.109. The average molecular weight is 292 g/mol. The minimum atomic E-state index is -1.78. The summed E-state index contributed by atoms with van der Waals surface area (Å²) in [6.07, 6.45) is -3.24. The summed E-state index contributed by atoms with van der Waals surface area (Å²) >= 11 is 0.759. The van der Waals surface area contributed by atoms with Gasteiger partial charge in [-0.25, -0.2) is 8.78 Å². The number of hydrogen-bond donors (Lipinski definition) is 2. The van der Waals surface area contributed by atoms with Gasteiger partial charge in [0.1, 0.15) is 11.9 Å². The van der Waals surface area contributed by atoms with Crippen molar-refractivity contribution in [1.29, 1.82) is 0 Å². The highest BCUT2D eigenvalue weighted by Gasteiger charge is 2.27. The second kappa shape index (κ2) is 6.83. The third-order valence-electron chi connectivity index (χ3n) is 2.43. The third kappa shape index (κ3) is 3.89. The molecule has 0 heterocycles. The molecule has 2 atom stereocenters. The van der Waals surface area contributed by atoms with Gasteiger partial charge in [-0.05, 0) is 12.1 Å². The van der Waals surface area contributed by atoms with Gasteiger partial charge in [-0.3, -0.25) is 4.79 Å². The van der Waals surface area contributed by atoms with Gasteiger partial charge >= 0.3 is 0 Å². The van der Waals surface area contributed by atoms with Crippen LogP contribution in [0.4, 0.5) is 8.78 Å². The van der Waals surface area contributed by atoms with E-state index in [1.807, 2.05) is 0 Å². The van der Waals surface area contributed by atoms with Gasteiger partial charge in [0.25, 0.3) is 0 Å². The van der Waals surface area contributed by atoms with Gasteiger partial charge in [0.2, 0.25) is 0 Å². The molecule has 0 aliphatic heterocycles. The van der Waals surface area contributed by atoms with E-state index >= 15 is 0 Å². The van der Waals surface area contributed by atoms with Crippen molar-refractivity contribution in [1.82, 2.24) is 0 Å². The Morgan fingerprint density at radius 1 is 1.42 bits per heavy atom. The number of benzene rings is 1. The zero-order valence-electron chi connectivity index (χ0n) is 10.4. The Morgan fingerprint density at radius 2 is 2.05 bits per heavy atom. The van der Waals surface area contributed by atoms with Gasteiger partial charge in [-0.1, -0.05) is 11.8 Å². The van der Waals surface area contributed by atoms with Crippen LogP contribution in [0.15, 0.2) is 12.1 Å². The van der Waals surface area contributed by atoms with E-state index in [9.17, 15) is 23.8 Å². The summed E-state index contributed by atoms with van der Waals surface area (Å²) in [6, 6.07) is 2.02. The molecule has 0 amide bonds. The Morgan fingerprint density at radius 3 is 2.58 bits per heavy atom. The Hall–Kier alpha value is -1.18. The van der Waals surface area contributed by atoms with E-state index in [1.54, 1.807) is 0 Å². The minimum absolute atomic E-state index is 0.160. The molecule has 106 valence electrons. The summed E-state index contributed by atoms with van der Waals surface area (Å²) in [4.78, 5) is 10.7. The Kier molecular flexibility index (Phi) is 5.71. The Labute approximate surface area is 113 Å².